The third-order valence-corrected chi connectivity index (χ3v) is 7.36. The second kappa shape index (κ2) is 9.83. The molecule has 5 nitrogen and oxygen atoms in total. The second-order valence-corrected chi connectivity index (χ2v) is 10.6. The topological polar surface area (TPSA) is 69.6 Å². The Labute approximate surface area is 194 Å². The van der Waals surface area contributed by atoms with Gasteiger partial charge >= 0.3 is 0 Å². The maximum atomic E-state index is 12.6. The average molecular weight is 467 g/mol. The van der Waals surface area contributed by atoms with Crippen LogP contribution in [-0.4, -0.2) is 41.0 Å². The van der Waals surface area contributed by atoms with Crippen molar-refractivity contribution >= 4 is 35.0 Å². The highest BCUT2D eigenvalue weighted by atomic mass is 35.5. The lowest BCUT2D eigenvalue weighted by Gasteiger charge is -2.39. The van der Waals surface area contributed by atoms with Crippen LogP contribution in [0.1, 0.15) is 58.4 Å². The summed E-state index contributed by atoms with van der Waals surface area (Å²) in [4.78, 5) is 26.8. The van der Waals surface area contributed by atoms with Crippen LogP contribution in [0, 0.1) is 11.3 Å². The number of hydrogen-bond donors (Lipinski definition) is 2. The van der Waals surface area contributed by atoms with E-state index in [0.29, 0.717) is 28.9 Å². The summed E-state index contributed by atoms with van der Waals surface area (Å²) in [6.45, 7) is 7.41. The molecule has 0 spiro atoms. The van der Waals surface area contributed by atoms with Crippen LogP contribution in [0.5, 0.6) is 0 Å². The van der Waals surface area contributed by atoms with Crippen molar-refractivity contribution in [2.75, 3.05) is 13.1 Å². The van der Waals surface area contributed by atoms with Crippen LogP contribution < -0.4 is 5.32 Å². The van der Waals surface area contributed by atoms with E-state index in [-0.39, 0.29) is 29.5 Å². The third-order valence-electron chi connectivity index (χ3n) is 6.63. The first-order valence-electron chi connectivity index (χ1n) is 11.0. The van der Waals surface area contributed by atoms with Gasteiger partial charge in [-0.15, -0.1) is 0 Å². The number of amides is 2. The SMILES string of the molecule is CC(C)(C)C1CCC(N2CC(C(=O)NCCCc3ccc(Cl)c(Cl)c3)=C(O)C2=O)CC1. The number of halogens is 2. The lowest BCUT2D eigenvalue weighted by Crippen LogP contribution is -2.42. The molecule has 1 aliphatic heterocycles. The van der Waals surface area contributed by atoms with Crippen LogP contribution in [0.4, 0.5) is 0 Å². The van der Waals surface area contributed by atoms with Crippen LogP contribution in [0.2, 0.25) is 10.0 Å². The fourth-order valence-electron chi connectivity index (χ4n) is 4.61. The van der Waals surface area contributed by atoms with E-state index in [4.69, 9.17) is 23.2 Å². The number of aryl methyl sites for hydroxylation is 1. The molecular formula is C24H32Cl2N2O3. The predicted octanol–water partition coefficient (Wildman–Crippen LogP) is 5.30. The summed E-state index contributed by atoms with van der Waals surface area (Å²) in [5, 5.41) is 14.2. The van der Waals surface area contributed by atoms with Crippen LogP contribution in [-0.2, 0) is 16.0 Å². The molecule has 0 saturated heterocycles. The smallest absolute Gasteiger partial charge is 0.289 e. The Morgan fingerprint density at radius 3 is 2.45 bits per heavy atom. The fourth-order valence-corrected chi connectivity index (χ4v) is 4.93. The molecule has 1 fully saturated rings. The molecule has 2 aliphatic rings. The van der Waals surface area contributed by atoms with E-state index in [1.54, 1.807) is 11.0 Å². The maximum Gasteiger partial charge on any atom is 0.289 e. The summed E-state index contributed by atoms with van der Waals surface area (Å²) in [5.41, 5.74) is 1.49. The first kappa shape index (κ1) is 23.9. The molecule has 0 unspecified atom stereocenters. The Bertz CT molecular complexity index is 868. The highest BCUT2D eigenvalue weighted by Crippen LogP contribution is 2.40. The summed E-state index contributed by atoms with van der Waals surface area (Å²) in [7, 11) is 0. The molecule has 2 amide bonds. The molecule has 0 aromatic heterocycles. The Morgan fingerprint density at radius 2 is 1.84 bits per heavy atom. The predicted molar refractivity (Wildman–Crippen MR) is 124 cm³/mol. The Balaban J connectivity index is 1.48. The van der Waals surface area contributed by atoms with Crippen LogP contribution in [0.25, 0.3) is 0 Å². The number of carbonyl (C=O) groups is 2. The van der Waals surface area contributed by atoms with Crippen molar-refractivity contribution in [2.45, 2.75) is 65.3 Å². The van der Waals surface area contributed by atoms with E-state index < -0.39 is 11.7 Å². The zero-order valence-corrected chi connectivity index (χ0v) is 20.0. The molecule has 2 N–H and O–H groups in total. The third kappa shape index (κ3) is 5.75. The van der Waals surface area contributed by atoms with E-state index in [1.165, 1.54) is 0 Å². The first-order chi connectivity index (χ1) is 14.6. The number of rotatable bonds is 6. The summed E-state index contributed by atoms with van der Waals surface area (Å²) in [6.07, 6.45) is 5.42. The minimum atomic E-state index is -0.417. The monoisotopic (exact) mass is 466 g/mol. The van der Waals surface area contributed by atoms with Crippen LogP contribution in [0.15, 0.2) is 29.5 Å². The summed E-state index contributed by atoms with van der Waals surface area (Å²) >= 11 is 12.0. The summed E-state index contributed by atoms with van der Waals surface area (Å²) in [5.74, 6) is -0.549. The van der Waals surface area contributed by atoms with Crippen molar-refractivity contribution in [1.82, 2.24) is 10.2 Å². The van der Waals surface area contributed by atoms with Gasteiger partial charge in [0.05, 0.1) is 22.2 Å². The van der Waals surface area contributed by atoms with E-state index in [2.05, 4.69) is 26.1 Å². The standard InChI is InChI=1S/C24H32Cl2N2O3/c1-24(2,3)16-7-9-17(10-8-16)28-14-18(21(29)23(28)31)22(30)27-12-4-5-15-6-11-19(25)20(26)13-15/h6,11,13,16-17,29H,4-5,7-10,12,14H2,1-3H3,(H,27,30). The van der Waals surface area contributed by atoms with Gasteiger partial charge in [-0.3, -0.25) is 9.59 Å². The molecule has 1 heterocycles. The zero-order chi connectivity index (χ0) is 22.8. The Hall–Kier alpha value is -1.72. The van der Waals surface area contributed by atoms with Gasteiger partial charge in [0.2, 0.25) is 0 Å². The van der Waals surface area contributed by atoms with Crippen molar-refractivity contribution in [2.24, 2.45) is 11.3 Å². The van der Waals surface area contributed by atoms with Crippen molar-refractivity contribution in [1.29, 1.82) is 0 Å². The molecule has 1 aromatic rings. The van der Waals surface area contributed by atoms with E-state index in [9.17, 15) is 14.7 Å². The van der Waals surface area contributed by atoms with Gasteiger partial charge in [-0.25, -0.2) is 0 Å². The second-order valence-electron chi connectivity index (χ2n) is 9.74. The van der Waals surface area contributed by atoms with E-state index in [0.717, 1.165) is 37.7 Å². The Morgan fingerprint density at radius 1 is 1.16 bits per heavy atom. The number of carbonyl (C=O) groups excluding carboxylic acids is 2. The van der Waals surface area contributed by atoms with Crippen molar-refractivity contribution in [3.8, 4) is 0 Å². The molecule has 1 saturated carbocycles. The van der Waals surface area contributed by atoms with E-state index in [1.807, 2.05) is 12.1 Å². The van der Waals surface area contributed by atoms with Gasteiger partial charge in [0, 0.05) is 12.6 Å². The van der Waals surface area contributed by atoms with Crippen LogP contribution >= 0.6 is 23.2 Å². The molecule has 0 radical (unpaired) electrons. The van der Waals surface area contributed by atoms with Gasteiger partial charge in [0.15, 0.2) is 5.76 Å². The number of benzene rings is 1. The number of aliphatic hydroxyl groups excluding tert-OH is 1. The van der Waals surface area contributed by atoms with E-state index >= 15 is 0 Å². The first-order valence-corrected chi connectivity index (χ1v) is 11.8. The highest BCUT2D eigenvalue weighted by molar-refractivity contribution is 6.42. The largest absolute Gasteiger partial charge is 0.503 e. The number of nitrogens with zero attached hydrogens (tertiary/aromatic N) is 1. The van der Waals surface area contributed by atoms with Crippen molar-refractivity contribution < 1.29 is 14.7 Å². The average Bonchev–Trinajstić information content (AvgIpc) is 3.02. The molecule has 0 atom stereocenters. The molecular weight excluding hydrogens is 435 g/mol. The van der Waals surface area contributed by atoms with Crippen molar-refractivity contribution in [3.05, 3.63) is 45.1 Å². The maximum absolute atomic E-state index is 12.6. The molecule has 7 heteroatoms. The molecule has 0 bridgehead atoms. The minimum Gasteiger partial charge on any atom is -0.503 e. The molecule has 1 aliphatic carbocycles. The molecule has 170 valence electrons. The lowest BCUT2D eigenvalue weighted by molar-refractivity contribution is -0.130. The number of aliphatic hydroxyl groups is 1. The molecule has 1 aromatic carbocycles. The molecule has 3 rings (SSSR count). The number of hydrogen-bond acceptors (Lipinski definition) is 3. The van der Waals surface area contributed by atoms with Gasteiger partial charge in [-0.2, -0.15) is 0 Å². The highest BCUT2D eigenvalue weighted by Gasteiger charge is 2.40. The molecule has 31 heavy (non-hydrogen) atoms. The van der Waals surface area contributed by atoms with Crippen LogP contribution in [0.3, 0.4) is 0 Å². The lowest BCUT2D eigenvalue weighted by atomic mass is 9.71. The zero-order valence-electron chi connectivity index (χ0n) is 18.5. The van der Waals surface area contributed by atoms with Gasteiger partial charge in [-0.05, 0) is 67.6 Å². The summed E-state index contributed by atoms with van der Waals surface area (Å²) < 4.78 is 0. The minimum absolute atomic E-state index is 0.0909. The van der Waals surface area contributed by atoms with Gasteiger partial charge in [-0.1, -0.05) is 50.0 Å². The van der Waals surface area contributed by atoms with Crippen molar-refractivity contribution in [3.63, 3.8) is 0 Å². The Kier molecular flexibility index (Phi) is 7.59. The normalized spacial score (nSPS) is 22.2. The van der Waals surface area contributed by atoms with Gasteiger partial charge < -0.3 is 15.3 Å². The fraction of sp³-hybridized carbons (Fsp3) is 0.583. The number of nitrogens with one attached hydrogen (secondary N) is 1. The summed E-state index contributed by atoms with van der Waals surface area (Å²) in [6, 6.07) is 5.58. The quantitative estimate of drug-likeness (QED) is 0.558. The van der Waals surface area contributed by atoms with Gasteiger partial charge in [0.25, 0.3) is 11.8 Å². The van der Waals surface area contributed by atoms with Gasteiger partial charge in [0.1, 0.15) is 0 Å².